The lowest BCUT2D eigenvalue weighted by Gasteiger charge is -2.16. The van der Waals surface area contributed by atoms with Crippen molar-refractivity contribution < 1.29 is 4.79 Å². The summed E-state index contributed by atoms with van der Waals surface area (Å²) in [5.74, 6) is 0.164. The molecule has 0 radical (unpaired) electrons. The van der Waals surface area contributed by atoms with Crippen LogP contribution in [0.3, 0.4) is 0 Å². The summed E-state index contributed by atoms with van der Waals surface area (Å²) in [7, 11) is 0. The minimum Gasteiger partial charge on any atom is -0.353 e. The molecule has 4 nitrogen and oxygen atoms in total. The van der Waals surface area contributed by atoms with Gasteiger partial charge < -0.3 is 5.32 Å². The highest BCUT2D eigenvalue weighted by atomic mass is 16.1. The molecule has 0 aliphatic heterocycles. The number of nitrogens with zero attached hydrogens (tertiary/aromatic N) is 2. The van der Waals surface area contributed by atoms with Gasteiger partial charge in [0.05, 0.1) is 0 Å². The standard InChI is InChI=1S/C14H23N3O/c1-12-8-10-15-17(12)11-9-14(18)16-13-6-4-2-3-5-7-13/h8,10,13H,2-7,9,11H2,1H3,(H,16,18). The van der Waals surface area contributed by atoms with Gasteiger partial charge in [-0.2, -0.15) is 5.10 Å². The fourth-order valence-electron chi connectivity index (χ4n) is 2.56. The molecule has 0 bridgehead atoms. The Morgan fingerprint density at radius 3 is 2.72 bits per heavy atom. The van der Waals surface area contributed by atoms with Crippen molar-refractivity contribution in [3.8, 4) is 0 Å². The van der Waals surface area contributed by atoms with Crippen LogP contribution in [0.1, 0.15) is 50.6 Å². The number of hydrogen-bond donors (Lipinski definition) is 1. The number of nitrogens with one attached hydrogen (secondary N) is 1. The lowest BCUT2D eigenvalue weighted by molar-refractivity contribution is -0.122. The smallest absolute Gasteiger partial charge is 0.222 e. The Morgan fingerprint density at radius 2 is 2.11 bits per heavy atom. The first-order chi connectivity index (χ1) is 8.75. The van der Waals surface area contributed by atoms with Crippen molar-refractivity contribution in [2.45, 2.75) is 64.5 Å². The molecule has 4 heteroatoms. The maximum atomic E-state index is 11.9. The summed E-state index contributed by atoms with van der Waals surface area (Å²) >= 11 is 0. The molecule has 1 aliphatic rings. The predicted molar refractivity (Wildman–Crippen MR) is 71.2 cm³/mol. The summed E-state index contributed by atoms with van der Waals surface area (Å²) < 4.78 is 1.88. The van der Waals surface area contributed by atoms with Crippen molar-refractivity contribution in [3.63, 3.8) is 0 Å². The number of aryl methyl sites for hydroxylation is 2. The highest BCUT2D eigenvalue weighted by Gasteiger charge is 2.14. The van der Waals surface area contributed by atoms with Crippen LogP contribution in [-0.2, 0) is 11.3 Å². The van der Waals surface area contributed by atoms with Crippen LogP contribution in [-0.4, -0.2) is 21.7 Å². The quantitative estimate of drug-likeness (QED) is 0.833. The van der Waals surface area contributed by atoms with Gasteiger partial charge in [0.15, 0.2) is 0 Å². The second kappa shape index (κ2) is 6.57. The van der Waals surface area contributed by atoms with Gasteiger partial charge in [0.1, 0.15) is 0 Å². The Hall–Kier alpha value is -1.32. The van der Waals surface area contributed by atoms with Crippen LogP contribution < -0.4 is 5.32 Å². The van der Waals surface area contributed by atoms with E-state index in [0.29, 0.717) is 19.0 Å². The van der Waals surface area contributed by atoms with Crippen LogP contribution in [0.4, 0.5) is 0 Å². The number of aromatic nitrogens is 2. The summed E-state index contributed by atoms with van der Waals surface area (Å²) in [5, 5.41) is 7.35. The van der Waals surface area contributed by atoms with Gasteiger partial charge in [0, 0.05) is 30.9 Å². The minimum atomic E-state index is 0.164. The van der Waals surface area contributed by atoms with Crippen LogP contribution >= 0.6 is 0 Å². The van der Waals surface area contributed by atoms with Gasteiger partial charge in [-0.05, 0) is 25.8 Å². The fraction of sp³-hybridized carbons (Fsp3) is 0.714. The average molecular weight is 249 g/mol. The number of amides is 1. The van der Waals surface area contributed by atoms with E-state index in [4.69, 9.17) is 0 Å². The van der Waals surface area contributed by atoms with Gasteiger partial charge >= 0.3 is 0 Å². The summed E-state index contributed by atoms with van der Waals surface area (Å²) in [6.45, 7) is 2.69. The first-order valence-corrected chi connectivity index (χ1v) is 7.03. The highest BCUT2D eigenvalue weighted by molar-refractivity contribution is 5.76. The topological polar surface area (TPSA) is 46.9 Å². The molecule has 0 atom stereocenters. The highest BCUT2D eigenvalue weighted by Crippen LogP contribution is 2.17. The maximum Gasteiger partial charge on any atom is 0.222 e. The summed E-state index contributed by atoms with van der Waals surface area (Å²) in [5.41, 5.74) is 1.11. The van der Waals surface area contributed by atoms with Crippen LogP contribution in [0.25, 0.3) is 0 Å². The summed E-state index contributed by atoms with van der Waals surface area (Å²) in [4.78, 5) is 11.9. The molecular weight excluding hydrogens is 226 g/mol. The maximum absolute atomic E-state index is 11.9. The molecule has 1 fully saturated rings. The van der Waals surface area contributed by atoms with E-state index in [1.807, 2.05) is 17.7 Å². The van der Waals surface area contributed by atoms with Crippen LogP contribution in [0.15, 0.2) is 12.3 Å². The fourth-order valence-corrected chi connectivity index (χ4v) is 2.56. The third-order valence-electron chi connectivity index (χ3n) is 3.70. The van der Waals surface area contributed by atoms with Crippen molar-refractivity contribution in [3.05, 3.63) is 18.0 Å². The normalized spacial score (nSPS) is 17.4. The van der Waals surface area contributed by atoms with E-state index < -0.39 is 0 Å². The Bertz CT molecular complexity index is 378. The van der Waals surface area contributed by atoms with Crippen molar-refractivity contribution in [1.82, 2.24) is 15.1 Å². The first kappa shape index (κ1) is 13.1. The minimum absolute atomic E-state index is 0.164. The van der Waals surface area contributed by atoms with E-state index in [0.717, 1.165) is 18.5 Å². The van der Waals surface area contributed by atoms with E-state index in [9.17, 15) is 4.79 Å². The molecule has 1 aromatic heterocycles. The van der Waals surface area contributed by atoms with Crippen LogP contribution in [0.5, 0.6) is 0 Å². The van der Waals surface area contributed by atoms with Crippen LogP contribution in [0.2, 0.25) is 0 Å². The molecule has 1 N–H and O–H groups in total. The van der Waals surface area contributed by atoms with Crippen molar-refractivity contribution in [1.29, 1.82) is 0 Å². The van der Waals surface area contributed by atoms with E-state index >= 15 is 0 Å². The van der Waals surface area contributed by atoms with E-state index in [1.165, 1.54) is 25.7 Å². The molecule has 0 spiro atoms. The van der Waals surface area contributed by atoms with Gasteiger partial charge in [-0.15, -0.1) is 0 Å². The Kier molecular flexibility index (Phi) is 4.79. The van der Waals surface area contributed by atoms with Gasteiger partial charge in [-0.3, -0.25) is 9.48 Å². The predicted octanol–water partition coefficient (Wildman–Crippen LogP) is 2.42. The zero-order chi connectivity index (χ0) is 12.8. The van der Waals surface area contributed by atoms with E-state index in [2.05, 4.69) is 10.4 Å². The molecule has 1 aromatic rings. The second-order valence-electron chi connectivity index (χ2n) is 5.20. The number of rotatable bonds is 4. The molecule has 1 amide bonds. The average Bonchev–Trinajstić information content (AvgIpc) is 2.61. The molecule has 0 unspecified atom stereocenters. The monoisotopic (exact) mass is 249 g/mol. The number of hydrogen-bond acceptors (Lipinski definition) is 2. The van der Waals surface area contributed by atoms with E-state index in [1.54, 1.807) is 6.20 Å². The molecule has 100 valence electrons. The molecule has 0 saturated heterocycles. The number of carbonyl (C=O) groups excluding carboxylic acids is 1. The third-order valence-corrected chi connectivity index (χ3v) is 3.70. The van der Waals surface area contributed by atoms with Gasteiger partial charge in [0.25, 0.3) is 0 Å². The van der Waals surface area contributed by atoms with Crippen molar-refractivity contribution in [2.75, 3.05) is 0 Å². The number of carbonyl (C=O) groups is 1. The van der Waals surface area contributed by atoms with Crippen molar-refractivity contribution >= 4 is 5.91 Å². The molecule has 1 aliphatic carbocycles. The van der Waals surface area contributed by atoms with E-state index in [-0.39, 0.29) is 5.91 Å². The second-order valence-corrected chi connectivity index (χ2v) is 5.20. The zero-order valence-electron chi connectivity index (χ0n) is 11.2. The van der Waals surface area contributed by atoms with Crippen molar-refractivity contribution in [2.24, 2.45) is 0 Å². The van der Waals surface area contributed by atoms with Gasteiger partial charge in [-0.25, -0.2) is 0 Å². The lowest BCUT2D eigenvalue weighted by atomic mass is 10.1. The Labute approximate surface area is 109 Å². The van der Waals surface area contributed by atoms with Gasteiger partial charge in [0.2, 0.25) is 5.91 Å². The molecule has 1 heterocycles. The molecule has 18 heavy (non-hydrogen) atoms. The lowest BCUT2D eigenvalue weighted by Crippen LogP contribution is -2.34. The Balaban J connectivity index is 1.73. The molecule has 2 rings (SSSR count). The SMILES string of the molecule is Cc1ccnn1CCC(=O)NC1CCCCCC1. The molecule has 1 saturated carbocycles. The first-order valence-electron chi connectivity index (χ1n) is 7.03. The van der Waals surface area contributed by atoms with Gasteiger partial charge in [-0.1, -0.05) is 25.7 Å². The third kappa shape index (κ3) is 3.86. The molecule has 0 aromatic carbocycles. The molecular formula is C14H23N3O. The largest absolute Gasteiger partial charge is 0.353 e. The summed E-state index contributed by atoms with van der Waals surface area (Å²) in [6.07, 6.45) is 9.74. The summed E-state index contributed by atoms with van der Waals surface area (Å²) in [6, 6.07) is 2.36. The zero-order valence-corrected chi connectivity index (χ0v) is 11.2. The van der Waals surface area contributed by atoms with Crippen LogP contribution in [0, 0.1) is 6.92 Å². The Morgan fingerprint density at radius 1 is 1.39 bits per heavy atom.